The molecule has 122 heavy (non-hydrogen) atoms. The lowest BCUT2D eigenvalue weighted by Gasteiger charge is -2.37. The summed E-state index contributed by atoms with van der Waals surface area (Å²) in [7, 11) is 4.26. The third kappa shape index (κ3) is 24.3. The fraction of sp³-hybridized carbons (Fsp3) is 0.477. The highest BCUT2D eigenvalue weighted by Gasteiger charge is 2.33. The van der Waals surface area contributed by atoms with Gasteiger partial charge in [-0.05, 0) is 125 Å². The van der Waals surface area contributed by atoms with Crippen LogP contribution in [0, 0.1) is 17.8 Å². The topological polar surface area (TPSA) is 323 Å². The molecule has 0 saturated carbocycles. The number of ketones is 3. The zero-order valence-corrected chi connectivity index (χ0v) is 70.8. The number of oxazole rings is 1. The SMILES string of the molecule is CC(CC(=O)c1cnc(N2CCN(CCOC(F)(F)F)CC2)o1)Cc1c[nH]c2ccccc12.CC(CC(=O)c1nc(N2CCN(CCOC(F)(F)F)CC2)n[nH]1)Cc1c[nH]c2ccccc12.CC(CC(=O)c1nnc(N2CCN(C)C(C)C2)s1)Cc1c[nH]c2ccccc12.CC(Cc1c[nH]c2ccccc12)NC(=O)c1nc(N2CCN(C)C(C)C2)n[nH]1. The van der Waals surface area contributed by atoms with Crippen molar-refractivity contribution in [1.29, 1.82) is 0 Å². The number of amides is 1. The number of nitrogens with one attached hydrogen (secondary N) is 7. The number of aromatic nitrogens is 13. The Morgan fingerprint density at radius 3 is 1.38 bits per heavy atom. The van der Waals surface area contributed by atoms with E-state index in [1.165, 1.54) is 61.3 Å². The average molecular weight is 1710 g/mol. The van der Waals surface area contributed by atoms with E-state index in [0.717, 1.165) is 92.2 Å². The number of rotatable bonds is 29. The molecule has 652 valence electrons. The number of alkyl halides is 6. The lowest BCUT2D eigenvalue weighted by molar-refractivity contribution is -0.325. The van der Waals surface area contributed by atoms with Crippen LogP contribution in [-0.2, 0) is 35.2 Å². The summed E-state index contributed by atoms with van der Waals surface area (Å²) < 4.78 is 86.0. The summed E-state index contributed by atoms with van der Waals surface area (Å²) in [6.07, 6.45) is 4.66. The van der Waals surface area contributed by atoms with E-state index in [9.17, 15) is 45.5 Å². The first-order chi connectivity index (χ1) is 58.6. The van der Waals surface area contributed by atoms with Gasteiger partial charge in [-0.2, -0.15) is 9.97 Å². The van der Waals surface area contributed by atoms with Gasteiger partial charge in [0.1, 0.15) is 0 Å². The number of likely N-dealkylation sites (N-methyl/N-ethyl adjacent to an activating group) is 2. The van der Waals surface area contributed by atoms with Crippen LogP contribution in [-0.4, -0.2) is 271 Å². The van der Waals surface area contributed by atoms with E-state index in [4.69, 9.17) is 4.42 Å². The fourth-order valence-corrected chi connectivity index (χ4v) is 16.7. The van der Waals surface area contributed by atoms with Gasteiger partial charge in [-0.25, -0.2) is 4.98 Å². The number of hydrogen-bond donors (Lipinski definition) is 7. The van der Waals surface area contributed by atoms with Crippen LogP contribution in [0.1, 0.15) is 125 Å². The number of aromatic amines is 6. The van der Waals surface area contributed by atoms with Crippen LogP contribution in [0.25, 0.3) is 43.6 Å². The van der Waals surface area contributed by atoms with Gasteiger partial charge in [0.25, 0.3) is 11.9 Å². The van der Waals surface area contributed by atoms with Crippen LogP contribution in [0.15, 0.2) is 132 Å². The number of carbonyl (C=O) groups excluding carboxylic acids is 4. The lowest BCUT2D eigenvalue weighted by atomic mass is 9.95. The van der Waals surface area contributed by atoms with E-state index in [-0.39, 0.29) is 84.2 Å². The van der Waals surface area contributed by atoms with Gasteiger partial charge in [0.15, 0.2) is 33.9 Å². The Kier molecular flexibility index (Phi) is 29.8. The summed E-state index contributed by atoms with van der Waals surface area (Å²) in [5.41, 5.74) is 9.24. The van der Waals surface area contributed by atoms with Crippen LogP contribution in [0.3, 0.4) is 0 Å². The number of hydrogen-bond acceptors (Lipinski definition) is 23. The number of H-pyrrole nitrogens is 6. The largest absolute Gasteiger partial charge is 0.522 e. The summed E-state index contributed by atoms with van der Waals surface area (Å²) in [4.78, 5) is 93.5. The monoisotopic (exact) mass is 1710 g/mol. The molecule has 4 aliphatic heterocycles. The maximum absolute atomic E-state index is 12.7. The van der Waals surface area contributed by atoms with Gasteiger partial charge in [-0.1, -0.05) is 105 Å². The lowest BCUT2D eigenvalue weighted by Crippen LogP contribution is -2.50. The number of Topliss-reactive ketones (excluding diaryl/α,β-unsaturated/α-hetero) is 3. The van der Waals surface area contributed by atoms with Crippen molar-refractivity contribution in [3.8, 4) is 0 Å². The molecule has 4 saturated heterocycles. The van der Waals surface area contributed by atoms with E-state index < -0.39 is 19.3 Å². The molecule has 29 nitrogen and oxygen atoms in total. The highest BCUT2D eigenvalue weighted by molar-refractivity contribution is 7.17. The molecule has 6 unspecified atom stereocenters. The number of fused-ring (bicyclic) bond motifs is 4. The van der Waals surface area contributed by atoms with Gasteiger partial charge in [-0.3, -0.25) is 48.6 Å². The minimum absolute atomic E-state index is 0.0242. The first-order valence-corrected chi connectivity index (χ1v) is 42.4. The van der Waals surface area contributed by atoms with Crippen molar-refractivity contribution in [1.82, 2.24) is 90.4 Å². The van der Waals surface area contributed by atoms with Gasteiger partial charge in [0.2, 0.25) is 22.9 Å². The predicted octanol–water partition coefficient (Wildman–Crippen LogP) is 13.1. The van der Waals surface area contributed by atoms with E-state index in [1.807, 2.05) is 114 Å². The number of halogens is 6. The maximum Gasteiger partial charge on any atom is 0.522 e. The third-order valence-electron chi connectivity index (χ3n) is 22.9. The van der Waals surface area contributed by atoms with Gasteiger partial charge >= 0.3 is 12.7 Å². The molecule has 7 N–H and O–H groups in total. The number of piperazine rings is 4. The summed E-state index contributed by atoms with van der Waals surface area (Å²) in [6, 6.07) is 33.9. The summed E-state index contributed by atoms with van der Waals surface area (Å²) in [6.45, 7) is 22.3. The van der Waals surface area contributed by atoms with E-state index in [0.29, 0.717) is 107 Å². The molecule has 4 fully saturated rings. The molecule has 0 spiro atoms. The fourth-order valence-electron chi connectivity index (χ4n) is 15.8. The molecule has 8 aromatic heterocycles. The van der Waals surface area contributed by atoms with Crippen molar-refractivity contribution >= 4 is 101 Å². The highest BCUT2D eigenvalue weighted by Crippen LogP contribution is 2.31. The number of anilines is 4. The second-order valence-corrected chi connectivity index (χ2v) is 33.4. The Bertz CT molecular complexity index is 5060. The van der Waals surface area contributed by atoms with Crippen molar-refractivity contribution in [2.24, 2.45) is 17.8 Å². The molecule has 12 heterocycles. The standard InChI is InChI=1S/C23H27F3N4O3.C22H27F3N6O2.C21H27N5OS.C20H27N7O/c1-16(12-17-14-27-19-5-3-2-4-18(17)19)13-20(31)21-15-28-22(33-21)30-8-6-29(7-9-30)10-11-32-23(24,25)26;1-15(12-16-14-26-18-5-3-2-4-17(16)18)13-19(32)20-27-21(29-28-20)31-8-6-30(7-9-31)10-11-33-22(23,24)25;1-14(10-16-12-22-18-7-5-4-6-17(16)18)11-19(27)20-23-24-21(28-20)26-9-8-25(3)15(2)13-26;1-13(10-15-11-21-17-7-5-4-6-16(15)17)22-19(28)18-23-20(25-24-18)27-9-8-26(3)14(2)12-27/h2-5,14-16,27H,6-13H2,1H3;2-5,14-15,26H,6-13H2,1H3,(H,27,28,29);4-7,12,14-15,22H,8-11,13H2,1-3H3;4-7,11,13-14,21H,8-10,12H2,1-3H3,(H,22,28)(H,23,24,25). The molecule has 0 aliphatic carbocycles. The summed E-state index contributed by atoms with van der Waals surface area (Å²) in [5.74, 6) is 1.95. The van der Waals surface area contributed by atoms with Crippen molar-refractivity contribution in [3.63, 3.8) is 0 Å². The molecule has 6 atom stereocenters. The molecular formula is C86H108F6N22O7S. The Morgan fingerprint density at radius 1 is 0.500 bits per heavy atom. The summed E-state index contributed by atoms with van der Waals surface area (Å²) >= 11 is 1.43. The van der Waals surface area contributed by atoms with Crippen molar-refractivity contribution in [2.75, 3.05) is 152 Å². The Balaban J connectivity index is 0.000000141. The average Bonchev–Trinajstić information content (AvgIpc) is 1.68. The number of para-hydroxylation sites is 4. The first kappa shape index (κ1) is 88.9. The smallest absolute Gasteiger partial charge is 0.420 e. The van der Waals surface area contributed by atoms with E-state index in [2.05, 4.69) is 183 Å². The van der Waals surface area contributed by atoms with Crippen LogP contribution in [0.2, 0.25) is 0 Å². The second-order valence-electron chi connectivity index (χ2n) is 32.5. The Morgan fingerprint density at radius 2 is 0.902 bits per heavy atom. The molecule has 1 amide bonds. The molecule has 12 aromatic rings. The van der Waals surface area contributed by atoms with Crippen molar-refractivity contribution in [3.05, 3.63) is 173 Å². The Hall–Kier alpha value is -10.9. The van der Waals surface area contributed by atoms with Gasteiger partial charge in [0, 0.05) is 211 Å². The van der Waals surface area contributed by atoms with E-state index in [1.54, 1.807) is 0 Å². The zero-order chi connectivity index (χ0) is 86.2. The molecular weight excluding hydrogens is 1600 g/mol. The van der Waals surface area contributed by atoms with Crippen molar-refractivity contribution in [2.45, 2.75) is 117 Å². The molecule has 4 aliphatic rings. The van der Waals surface area contributed by atoms with Crippen LogP contribution in [0.4, 0.5) is 49.4 Å². The highest BCUT2D eigenvalue weighted by atomic mass is 32.1. The van der Waals surface area contributed by atoms with Crippen LogP contribution in [0.5, 0.6) is 0 Å². The first-order valence-electron chi connectivity index (χ1n) is 41.6. The third-order valence-corrected chi connectivity index (χ3v) is 23.9. The van der Waals surface area contributed by atoms with Crippen LogP contribution < -0.4 is 24.9 Å². The Labute approximate surface area is 707 Å². The molecule has 4 aromatic carbocycles. The number of carbonyl (C=O) groups is 4. The van der Waals surface area contributed by atoms with Crippen LogP contribution >= 0.6 is 11.3 Å². The predicted molar refractivity (Wildman–Crippen MR) is 458 cm³/mol. The van der Waals surface area contributed by atoms with Gasteiger partial charge < -0.3 is 59.1 Å². The number of benzene rings is 4. The minimum Gasteiger partial charge on any atom is -0.420 e. The number of ether oxygens (including phenoxy) is 2. The van der Waals surface area contributed by atoms with Crippen molar-refractivity contribution < 1.29 is 59.4 Å². The minimum atomic E-state index is -4.60. The van der Waals surface area contributed by atoms with Gasteiger partial charge in [-0.15, -0.1) is 46.7 Å². The number of nitrogens with zero attached hydrogens (tertiary/aromatic N) is 15. The zero-order valence-electron chi connectivity index (χ0n) is 70.0. The summed E-state index contributed by atoms with van der Waals surface area (Å²) in [5, 5.41) is 31.6. The molecule has 16 rings (SSSR count). The maximum atomic E-state index is 12.7. The normalized spacial score (nSPS) is 17.7. The second kappa shape index (κ2) is 40.9. The van der Waals surface area contributed by atoms with Gasteiger partial charge in [0.05, 0.1) is 19.4 Å². The molecule has 0 bridgehead atoms. The molecule has 0 radical (unpaired) electrons. The quantitative estimate of drug-likeness (QED) is 0.0169. The van der Waals surface area contributed by atoms with E-state index >= 15 is 0 Å². The molecule has 36 heteroatoms.